The van der Waals surface area contributed by atoms with Gasteiger partial charge in [0.25, 0.3) is 0 Å². The largest absolute Gasteiger partial charge is 0.496 e. The van der Waals surface area contributed by atoms with Crippen LogP contribution in [0.4, 0.5) is 0 Å². The molecule has 28 heavy (non-hydrogen) atoms. The van der Waals surface area contributed by atoms with E-state index in [9.17, 15) is 4.79 Å². The smallest absolute Gasteiger partial charge is 0.338 e. The third-order valence-electron chi connectivity index (χ3n) is 4.49. The highest BCUT2D eigenvalue weighted by molar-refractivity contribution is 7.98. The molecule has 2 heterocycles. The van der Waals surface area contributed by atoms with Crippen LogP contribution in [0.25, 0.3) is 11.0 Å². The molecular formula is C21H23N3O3S. The van der Waals surface area contributed by atoms with Crippen molar-refractivity contribution in [2.24, 2.45) is 0 Å². The lowest BCUT2D eigenvalue weighted by molar-refractivity contribution is -0.130. The monoisotopic (exact) mass is 397 g/mol. The number of aromatic amines is 1. The average molecular weight is 398 g/mol. The van der Waals surface area contributed by atoms with Gasteiger partial charge in [0.1, 0.15) is 11.5 Å². The Hall–Kier alpha value is -2.80. The van der Waals surface area contributed by atoms with Crippen LogP contribution < -0.4 is 9.47 Å². The summed E-state index contributed by atoms with van der Waals surface area (Å²) in [4.78, 5) is 24.3. The molecule has 0 unspecified atom stereocenters. The molecule has 0 spiro atoms. The molecule has 7 heteroatoms. The summed E-state index contributed by atoms with van der Waals surface area (Å²) in [6, 6.07) is 5.36. The molecule has 0 aliphatic carbocycles. The molecule has 0 amide bonds. The SMILES string of the molecule is C/C=C(/C)C(=O)Oc1ccc2nc(SCc3ncc(C)c(OC)c3C)[nH]c2c1. The third kappa shape index (κ3) is 4.20. The lowest BCUT2D eigenvalue weighted by atomic mass is 10.1. The van der Waals surface area contributed by atoms with Gasteiger partial charge in [-0.1, -0.05) is 17.8 Å². The number of imidazole rings is 1. The molecule has 0 fully saturated rings. The molecule has 1 aromatic carbocycles. The lowest BCUT2D eigenvalue weighted by Gasteiger charge is -2.11. The molecule has 0 atom stereocenters. The van der Waals surface area contributed by atoms with Gasteiger partial charge in [0, 0.05) is 34.7 Å². The number of carbonyl (C=O) groups excluding carboxylic acids is 1. The summed E-state index contributed by atoms with van der Waals surface area (Å²) in [6.45, 7) is 7.53. The molecule has 0 radical (unpaired) electrons. The number of allylic oxidation sites excluding steroid dienone is 1. The van der Waals surface area contributed by atoms with E-state index in [2.05, 4.69) is 15.0 Å². The van der Waals surface area contributed by atoms with Crippen LogP contribution in [-0.2, 0) is 10.5 Å². The van der Waals surface area contributed by atoms with Crippen LogP contribution >= 0.6 is 11.8 Å². The number of rotatable bonds is 6. The number of carbonyl (C=O) groups is 1. The highest BCUT2D eigenvalue weighted by Gasteiger charge is 2.12. The Morgan fingerprint density at radius 2 is 2.11 bits per heavy atom. The van der Waals surface area contributed by atoms with Crippen molar-refractivity contribution in [1.82, 2.24) is 15.0 Å². The first-order chi connectivity index (χ1) is 13.4. The Morgan fingerprint density at radius 1 is 1.32 bits per heavy atom. The van der Waals surface area contributed by atoms with Crippen LogP contribution in [0.2, 0.25) is 0 Å². The normalized spacial score (nSPS) is 11.7. The van der Waals surface area contributed by atoms with Gasteiger partial charge in [-0.05, 0) is 39.8 Å². The van der Waals surface area contributed by atoms with E-state index in [1.54, 1.807) is 50.9 Å². The Kier molecular flexibility index (Phi) is 6.04. The van der Waals surface area contributed by atoms with Crippen molar-refractivity contribution in [3.63, 3.8) is 0 Å². The molecule has 0 aliphatic heterocycles. The molecule has 1 N–H and O–H groups in total. The molecule has 0 bridgehead atoms. The highest BCUT2D eigenvalue weighted by Crippen LogP contribution is 2.29. The quantitative estimate of drug-likeness (QED) is 0.280. The van der Waals surface area contributed by atoms with E-state index in [1.165, 1.54) is 0 Å². The van der Waals surface area contributed by atoms with Crippen molar-refractivity contribution in [1.29, 1.82) is 0 Å². The topological polar surface area (TPSA) is 77.1 Å². The first kappa shape index (κ1) is 19.9. The predicted molar refractivity (Wildman–Crippen MR) is 111 cm³/mol. The molecule has 0 saturated heterocycles. The second-order valence-corrected chi connectivity index (χ2v) is 7.38. The summed E-state index contributed by atoms with van der Waals surface area (Å²) >= 11 is 1.57. The fourth-order valence-electron chi connectivity index (χ4n) is 2.76. The van der Waals surface area contributed by atoms with E-state index in [-0.39, 0.29) is 5.97 Å². The number of aryl methyl sites for hydroxylation is 1. The Morgan fingerprint density at radius 3 is 2.82 bits per heavy atom. The van der Waals surface area contributed by atoms with E-state index < -0.39 is 0 Å². The summed E-state index contributed by atoms with van der Waals surface area (Å²) in [7, 11) is 1.67. The van der Waals surface area contributed by atoms with E-state index in [0.717, 1.165) is 38.8 Å². The van der Waals surface area contributed by atoms with Crippen molar-refractivity contribution in [3.8, 4) is 11.5 Å². The standard InChI is InChI=1S/C21H23N3O3S/c1-6-12(2)20(25)27-15-7-8-16-17(9-15)24-21(23-16)28-11-18-14(4)19(26-5)13(3)10-22-18/h6-10H,11H2,1-5H3,(H,23,24)/b12-6-. The van der Waals surface area contributed by atoms with Crippen LogP contribution in [0.15, 0.2) is 41.2 Å². The summed E-state index contributed by atoms with van der Waals surface area (Å²) in [5.74, 6) is 1.67. The number of nitrogens with one attached hydrogen (secondary N) is 1. The Balaban J connectivity index is 1.75. The van der Waals surface area contributed by atoms with Crippen LogP contribution in [-0.4, -0.2) is 28.0 Å². The second-order valence-electron chi connectivity index (χ2n) is 6.42. The highest BCUT2D eigenvalue weighted by atomic mass is 32.2. The van der Waals surface area contributed by atoms with Gasteiger partial charge in [-0.3, -0.25) is 4.98 Å². The van der Waals surface area contributed by atoms with Gasteiger partial charge >= 0.3 is 5.97 Å². The molecular weight excluding hydrogens is 374 g/mol. The molecule has 3 aromatic rings. The number of H-pyrrole nitrogens is 1. The fourth-order valence-corrected chi connectivity index (χ4v) is 3.67. The average Bonchev–Trinajstić information content (AvgIpc) is 3.09. The summed E-state index contributed by atoms with van der Waals surface area (Å²) in [5, 5.41) is 0.781. The molecule has 2 aromatic heterocycles. The van der Waals surface area contributed by atoms with Gasteiger partial charge in [-0.2, -0.15) is 0 Å². The number of fused-ring (bicyclic) bond motifs is 1. The van der Waals surface area contributed by atoms with Gasteiger partial charge in [-0.15, -0.1) is 0 Å². The van der Waals surface area contributed by atoms with Crippen LogP contribution in [0.5, 0.6) is 11.5 Å². The number of hydrogen-bond acceptors (Lipinski definition) is 6. The van der Waals surface area contributed by atoms with Crippen molar-refractivity contribution in [2.45, 2.75) is 38.6 Å². The number of benzene rings is 1. The number of nitrogens with zero attached hydrogens (tertiary/aromatic N) is 2. The molecule has 3 rings (SSSR count). The summed E-state index contributed by atoms with van der Waals surface area (Å²) in [5.41, 5.74) is 5.22. The van der Waals surface area contributed by atoms with Crippen molar-refractivity contribution >= 4 is 28.8 Å². The van der Waals surface area contributed by atoms with E-state index in [1.807, 2.05) is 26.1 Å². The maximum Gasteiger partial charge on any atom is 0.338 e. The molecule has 0 saturated carbocycles. The van der Waals surface area contributed by atoms with Gasteiger partial charge < -0.3 is 14.5 Å². The molecule has 0 aliphatic rings. The third-order valence-corrected chi connectivity index (χ3v) is 5.38. The number of pyridine rings is 1. The lowest BCUT2D eigenvalue weighted by Crippen LogP contribution is -2.08. The van der Waals surface area contributed by atoms with Gasteiger partial charge in [-0.25, -0.2) is 9.78 Å². The number of esters is 1. The zero-order valence-electron chi connectivity index (χ0n) is 16.6. The van der Waals surface area contributed by atoms with Crippen molar-refractivity contribution in [2.75, 3.05) is 7.11 Å². The van der Waals surface area contributed by atoms with Gasteiger partial charge in [0.2, 0.25) is 0 Å². The van der Waals surface area contributed by atoms with Crippen LogP contribution in [0.3, 0.4) is 0 Å². The molecule has 146 valence electrons. The summed E-state index contributed by atoms with van der Waals surface area (Å²) in [6.07, 6.45) is 3.55. The number of ether oxygens (including phenoxy) is 2. The Labute approximate surface area is 168 Å². The zero-order valence-corrected chi connectivity index (χ0v) is 17.4. The van der Waals surface area contributed by atoms with E-state index >= 15 is 0 Å². The number of hydrogen-bond donors (Lipinski definition) is 1. The van der Waals surface area contributed by atoms with Crippen LogP contribution in [0.1, 0.15) is 30.7 Å². The van der Waals surface area contributed by atoms with E-state index in [4.69, 9.17) is 9.47 Å². The maximum atomic E-state index is 11.9. The Bertz CT molecular complexity index is 1060. The van der Waals surface area contributed by atoms with Gasteiger partial charge in [0.15, 0.2) is 5.16 Å². The number of methoxy groups -OCH3 is 1. The minimum atomic E-state index is -0.356. The second kappa shape index (κ2) is 8.48. The minimum absolute atomic E-state index is 0.356. The molecule has 6 nitrogen and oxygen atoms in total. The predicted octanol–water partition coefficient (Wildman–Crippen LogP) is 4.75. The zero-order chi connectivity index (χ0) is 20.3. The van der Waals surface area contributed by atoms with Crippen molar-refractivity contribution < 1.29 is 14.3 Å². The number of thioether (sulfide) groups is 1. The maximum absolute atomic E-state index is 11.9. The first-order valence-corrected chi connectivity index (χ1v) is 9.88. The minimum Gasteiger partial charge on any atom is -0.496 e. The number of aromatic nitrogens is 3. The fraction of sp³-hybridized carbons (Fsp3) is 0.286. The summed E-state index contributed by atoms with van der Waals surface area (Å²) < 4.78 is 10.8. The van der Waals surface area contributed by atoms with Crippen LogP contribution in [0, 0.1) is 13.8 Å². The first-order valence-electron chi connectivity index (χ1n) is 8.89. The van der Waals surface area contributed by atoms with Gasteiger partial charge in [0.05, 0.1) is 23.8 Å². The van der Waals surface area contributed by atoms with E-state index in [0.29, 0.717) is 17.1 Å². The van der Waals surface area contributed by atoms with Crippen molar-refractivity contribution in [3.05, 3.63) is 52.9 Å².